The first-order chi connectivity index (χ1) is 10.5. The molecule has 1 rings (SSSR count). The Labute approximate surface area is 138 Å². The molecule has 8 heteroatoms. The highest BCUT2D eigenvalue weighted by Crippen LogP contribution is 2.31. The average Bonchev–Trinajstić information content (AvgIpc) is 2.71. The Hall–Kier alpha value is -1.51. The minimum atomic E-state index is -3.61. The van der Waals surface area contributed by atoms with Gasteiger partial charge < -0.3 is 10.0 Å². The molecular formula is C15H26N4O3S. The van der Waals surface area contributed by atoms with Crippen molar-refractivity contribution in [2.75, 3.05) is 12.8 Å². The summed E-state index contributed by atoms with van der Waals surface area (Å²) in [5, 5.41) is 16.0. The summed E-state index contributed by atoms with van der Waals surface area (Å²) in [4.78, 5) is 10.2. The van der Waals surface area contributed by atoms with E-state index in [0.29, 0.717) is 11.5 Å². The Morgan fingerprint density at radius 1 is 1.61 bits per heavy atom. The molecule has 130 valence electrons. The minimum Gasteiger partial charge on any atom is -0.380 e. The fraction of sp³-hybridized carbons (Fsp3) is 0.600. The summed E-state index contributed by atoms with van der Waals surface area (Å²) >= 11 is 0. The maximum atomic E-state index is 11.2. The lowest BCUT2D eigenvalue weighted by atomic mass is 9.85. The zero-order valence-corrected chi connectivity index (χ0v) is 14.9. The first-order valence-electron chi connectivity index (χ1n) is 7.29. The number of rotatable bonds is 7. The third-order valence-corrected chi connectivity index (χ3v) is 4.70. The summed E-state index contributed by atoms with van der Waals surface area (Å²) in [6.07, 6.45) is 3.21. The summed E-state index contributed by atoms with van der Waals surface area (Å²) in [5.74, 6) is 0.0249. The largest absolute Gasteiger partial charge is 0.380 e. The molecule has 0 fully saturated rings. The molecule has 0 bridgehead atoms. The molecule has 0 spiro atoms. The normalized spacial score (nSPS) is 25.7. The van der Waals surface area contributed by atoms with E-state index in [9.17, 15) is 13.5 Å². The number of aliphatic hydroxyl groups is 1. The standard InChI is InChI=1S/C15H26N4O3S/c1-7-10(2)13(17-5)15(4,20)14-18-11(3)12(19(14)6)8-9-23(16,21)22/h7-8,10-11,13,20H,1,5,9H2,2-4,6H3,(H2,16,21,22)/b12-8+. The van der Waals surface area contributed by atoms with E-state index in [0.717, 1.165) is 0 Å². The quantitative estimate of drug-likeness (QED) is 0.520. The summed E-state index contributed by atoms with van der Waals surface area (Å²) in [5.41, 5.74) is -0.696. The molecule has 7 nitrogen and oxygen atoms in total. The van der Waals surface area contributed by atoms with E-state index in [1.807, 2.05) is 13.8 Å². The number of sulfonamides is 1. The van der Waals surface area contributed by atoms with Crippen LogP contribution in [0.15, 0.2) is 34.4 Å². The summed E-state index contributed by atoms with van der Waals surface area (Å²) in [6, 6.07) is -0.807. The van der Waals surface area contributed by atoms with Crippen LogP contribution in [0.3, 0.4) is 0 Å². The van der Waals surface area contributed by atoms with E-state index < -0.39 is 21.7 Å². The van der Waals surface area contributed by atoms with Crippen LogP contribution in [-0.2, 0) is 10.0 Å². The first-order valence-corrected chi connectivity index (χ1v) is 9.00. The van der Waals surface area contributed by atoms with Gasteiger partial charge in [-0.2, -0.15) is 0 Å². The third kappa shape index (κ3) is 4.27. The van der Waals surface area contributed by atoms with Gasteiger partial charge in [0.05, 0.1) is 17.8 Å². The summed E-state index contributed by atoms with van der Waals surface area (Å²) < 4.78 is 22.3. The fourth-order valence-electron chi connectivity index (χ4n) is 2.84. The molecule has 0 aromatic carbocycles. The van der Waals surface area contributed by atoms with Gasteiger partial charge in [0.15, 0.2) is 0 Å². The van der Waals surface area contributed by atoms with E-state index in [2.05, 4.69) is 23.3 Å². The van der Waals surface area contributed by atoms with Crippen molar-refractivity contribution in [3.8, 4) is 0 Å². The minimum absolute atomic E-state index is 0.105. The first kappa shape index (κ1) is 19.5. The molecule has 3 N–H and O–H groups in total. The van der Waals surface area contributed by atoms with Gasteiger partial charge in [-0.25, -0.2) is 13.6 Å². The van der Waals surface area contributed by atoms with Crippen LogP contribution in [0.2, 0.25) is 0 Å². The number of likely N-dealkylation sites (N-methyl/N-ethyl adjacent to an activating group) is 1. The summed E-state index contributed by atoms with van der Waals surface area (Å²) in [6.45, 7) is 12.6. The highest BCUT2D eigenvalue weighted by molar-refractivity contribution is 7.89. The van der Waals surface area contributed by atoms with Crippen molar-refractivity contribution >= 4 is 22.6 Å². The average molecular weight is 342 g/mol. The van der Waals surface area contributed by atoms with E-state index in [-0.39, 0.29) is 17.7 Å². The van der Waals surface area contributed by atoms with Crippen molar-refractivity contribution in [1.29, 1.82) is 0 Å². The molecule has 0 amide bonds. The van der Waals surface area contributed by atoms with Crippen LogP contribution in [0.25, 0.3) is 0 Å². The second kappa shape index (κ2) is 6.94. The number of amidine groups is 1. The molecular weight excluding hydrogens is 316 g/mol. The predicted molar refractivity (Wildman–Crippen MR) is 94.0 cm³/mol. The molecule has 0 saturated heterocycles. The van der Waals surface area contributed by atoms with Gasteiger partial charge in [0.1, 0.15) is 11.4 Å². The van der Waals surface area contributed by atoms with E-state index in [4.69, 9.17) is 5.14 Å². The predicted octanol–water partition coefficient (Wildman–Crippen LogP) is 0.534. The lowest BCUT2D eigenvalue weighted by Crippen LogP contribution is -2.52. The maximum absolute atomic E-state index is 11.2. The van der Waals surface area contributed by atoms with Crippen LogP contribution >= 0.6 is 0 Å². The fourth-order valence-corrected chi connectivity index (χ4v) is 3.24. The number of hydrogen-bond acceptors (Lipinski definition) is 6. The number of nitrogens with two attached hydrogens (primary N) is 1. The molecule has 0 saturated carbocycles. The van der Waals surface area contributed by atoms with Crippen LogP contribution in [0.1, 0.15) is 20.8 Å². The summed E-state index contributed by atoms with van der Waals surface area (Å²) in [7, 11) is -1.88. The van der Waals surface area contributed by atoms with E-state index in [1.54, 1.807) is 24.9 Å². The zero-order chi connectivity index (χ0) is 18.0. The Morgan fingerprint density at radius 3 is 2.61 bits per heavy atom. The van der Waals surface area contributed by atoms with Gasteiger partial charge in [-0.05, 0) is 32.6 Å². The van der Waals surface area contributed by atoms with Crippen LogP contribution in [0, 0.1) is 5.92 Å². The molecule has 1 aliphatic rings. The van der Waals surface area contributed by atoms with Crippen LogP contribution < -0.4 is 5.14 Å². The van der Waals surface area contributed by atoms with Crippen molar-refractivity contribution in [3.63, 3.8) is 0 Å². The van der Waals surface area contributed by atoms with Crippen molar-refractivity contribution in [1.82, 2.24) is 4.90 Å². The van der Waals surface area contributed by atoms with E-state index >= 15 is 0 Å². The second-order valence-corrected chi connectivity index (χ2v) is 7.68. The van der Waals surface area contributed by atoms with Crippen molar-refractivity contribution < 1.29 is 13.5 Å². The van der Waals surface area contributed by atoms with Crippen LogP contribution in [0.4, 0.5) is 0 Å². The highest BCUT2D eigenvalue weighted by atomic mass is 32.2. The number of aliphatic imine (C=N–C) groups is 2. The Morgan fingerprint density at radius 2 is 2.17 bits per heavy atom. The Bertz CT molecular complexity index is 637. The highest BCUT2D eigenvalue weighted by Gasteiger charge is 2.44. The second-order valence-electron chi connectivity index (χ2n) is 6.02. The van der Waals surface area contributed by atoms with Crippen molar-refractivity contribution in [3.05, 3.63) is 24.4 Å². The van der Waals surface area contributed by atoms with E-state index in [1.165, 1.54) is 6.08 Å². The lowest BCUT2D eigenvalue weighted by Gasteiger charge is -2.35. The maximum Gasteiger partial charge on any atom is 0.212 e. The van der Waals surface area contributed by atoms with Crippen molar-refractivity contribution in [2.45, 2.75) is 38.5 Å². The van der Waals surface area contributed by atoms with Gasteiger partial charge in [-0.3, -0.25) is 9.98 Å². The van der Waals surface area contributed by atoms with Gasteiger partial charge in [0.25, 0.3) is 0 Å². The smallest absolute Gasteiger partial charge is 0.212 e. The molecule has 1 heterocycles. The molecule has 1 aliphatic heterocycles. The van der Waals surface area contributed by atoms with Gasteiger partial charge in [0.2, 0.25) is 10.0 Å². The molecule has 0 aromatic rings. The van der Waals surface area contributed by atoms with Gasteiger partial charge in [0, 0.05) is 12.7 Å². The van der Waals surface area contributed by atoms with Crippen molar-refractivity contribution in [2.24, 2.45) is 21.0 Å². The van der Waals surface area contributed by atoms with Crippen LogP contribution in [-0.4, -0.2) is 61.5 Å². The monoisotopic (exact) mass is 342 g/mol. The molecule has 0 aromatic heterocycles. The van der Waals surface area contributed by atoms with Gasteiger partial charge in [-0.15, -0.1) is 6.58 Å². The topological polar surface area (TPSA) is 108 Å². The molecule has 23 heavy (non-hydrogen) atoms. The SMILES string of the molecule is C=CC(C)C(N=C)C(C)(O)C1=NC(C)/C(=C\CS(N)(=O)=O)N1C. The number of primary sulfonamides is 1. The molecule has 0 aliphatic carbocycles. The molecule has 4 atom stereocenters. The molecule has 4 unspecified atom stereocenters. The third-order valence-electron chi connectivity index (χ3n) is 4.07. The lowest BCUT2D eigenvalue weighted by molar-refractivity contribution is 0.0818. The van der Waals surface area contributed by atoms with Gasteiger partial charge >= 0.3 is 0 Å². The Balaban J connectivity index is 3.16. The Kier molecular flexibility index (Phi) is 5.89. The number of nitrogens with zero attached hydrogens (tertiary/aromatic N) is 3. The number of hydrogen-bond donors (Lipinski definition) is 2. The van der Waals surface area contributed by atoms with Crippen LogP contribution in [0.5, 0.6) is 0 Å². The zero-order valence-electron chi connectivity index (χ0n) is 14.1. The van der Waals surface area contributed by atoms with Gasteiger partial charge in [-0.1, -0.05) is 13.0 Å². The molecule has 0 radical (unpaired) electrons.